The summed E-state index contributed by atoms with van der Waals surface area (Å²) < 4.78 is 17.9. The van der Waals surface area contributed by atoms with Crippen LogP contribution in [-0.2, 0) is 16.1 Å². The molecule has 0 spiro atoms. The van der Waals surface area contributed by atoms with Crippen molar-refractivity contribution in [1.82, 2.24) is 5.32 Å². The molecule has 7 heteroatoms. The summed E-state index contributed by atoms with van der Waals surface area (Å²) in [6.45, 7) is -0.318. The molecule has 0 bridgehead atoms. The minimum atomic E-state index is -0.667. The van der Waals surface area contributed by atoms with E-state index < -0.39 is 24.3 Å². The van der Waals surface area contributed by atoms with Crippen LogP contribution in [0.1, 0.15) is 21.5 Å². The number of hydrogen-bond donors (Lipinski definition) is 1. The molecule has 122 valence electrons. The lowest BCUT2D eigenvalue weighted by atomic mass is 10.1. The summed E-state index contributed by atoms with van der Waals surface area (Å²) in [6, 6.07) is 11.9. The molecule has 0 aromatic heterocycles. The first-order valence-corrected chi connectivity index (χ1v) is 7.25. The normalized spacial score (nSPS) is 9.88. The number of amides is 1. The minimum absolute atomic E-state index is 0.0333. The second-order valence-electron chi connectivity index (χ2n) is 4.79. The van der Waals surface area contributed by atoms with Gasteiger partial charge in [0.2, 0.25) is 0 Å². The average Bonchev–Trinajstić information content (AvgIpc) is 2.60. The second-order valence-corrected chi connectivity index (χ2v) is 5.20. The number of rotatable bonds is 5. The SMILES string of the molecule is N#Cc1ccc(C(=O)OCC(=O)NCc2ccc(F)c(Cl)c2)cc1. The van der Waals surface area contributed by atoms with Crippen LogP contribution >= 0.6 is 11.6 Å². The summed E-state index contributed by atoms with van der Waals surface area (Å²) in [4.78, 5) is 23.4. The van der Waals surface area contributed by atoms with Crippen molar-refractivity contribution < 1.29 is 18.7 Å². The molecule has 0 atom stereocenters. The lowest BCUT2D eigenvalue weighted by Gasteiger charge is -2.07. The summed E-state index contributed by atoms with van der Waals surface area (Å²) in [6.07, 6.45) is 0. The van der Waals surface area contributed by atoms with Gasteiger partial charge in [0, 0.05) is 6.54 Å². The van der Waals surface area contributed by atoms with Crippen LogP contribution in [0, 0.1) is 17.1 Å². The zero-order valence-corrected chi connectivity index (χ0v) is 13.1. The van der Waals surface area contributed by atoms with E-state index in [1.807, 2.05) is 6.07 Å². The van der Waals surface area contributed by atoms with Crippen LogP contribution in [0.2, 0.25) is 5.02 Å². The van der Waals surface area contributed by atoms with Gasteiger partial charge in [0.1, 0.15) is 5.82 Å². The van der Waals surface area contributed by atoms with Gasteiger partial charge in [-0.2, -0.15) is 5.26 Å². The molecule has 0 aliphatic carbocycles. The molecule has 0 heterocycles. The molecule has 0 saturated heterocycles. The van der Waals surface area contributed by atoms with E-state index in [9.17, 15) is 14.0 Å². The summed E-state index contributed by atoms with van der Waals surface area (Å²) in [7, 11) is 0. The van der Waals surface area contributed by atoms with Crippen LogP contribution in [0.5, 0.6) is 0 Å². The van der Waals surface area contributed by atoms with Crippen molar-refractivity contribution in [2.45, 2.75) is 6.54 Å². The molecule has 1 N–H and O–H groups in total. The molecule has 2 aromatic carbocycles. The molecule has 2 aromatic rings. The Morgan fingerprint density at radius 3 is 2.54 bits per heavy atom. The van der Waals surface area contributed by atoms with Crippen LogP contribution in [0.3, 0.4) is 0 Å². The number of nitrogens with zero attached hydrogens (tertiary/aromatic N) is 1. The van der Waals surface area contributed by atoms with Crippen LogP contribution < -0.4 is 5.32 Å². The van der Waals surface area contributed by atoms with E-state index in [0.717, 1.165) is 0 Å². The molecular formula is C17H12ClFN2O3. The van der Waals surface area contributed by atoms with Crippen LogP contribution in [0.4, 0.5) is 4.39 Å². The quantitative estimate of drug-likeness (QED) is 0.844. The Labute approximate surface area is 142 Å². The highest BCUT2D eigenvalue weighted by molar-refractivity contribution is 6.30. The van der Waals surface area contributed by atoms with E-state index >= 15 is 0 Å². The van der Waals surface area contributed by atoms with Gasteiger partial charge in [-0.05, 0) is 42.0 Å². The first-order valence-electron chi connectivity index (χ1n) is 6.87. The summed E-state index contributed by atoms with van der Waals surface area (Å²) in [5.41, 5.74) is 1.28. The van der Waals surface area contributed by atoms with Crippen molar-refractivity contribution in [3.63, 3.8) is 0 Å². The number of carbonyl (C=O) groups is 2. The maximum Gasteiger partial charge on any atom is 0.338 e. The zero-order valence-electron chi connectivity index (χ0n) is 12.4. The lowest BCUT2D eigenvalue weighted by Crippen LogP contribution is -2.28. The van der Waals surface area contributed by atoms with E-state index in [4.69, 9.17) is 21.6 Å². The van der Waals surface area contributed by atoms with Gasteiger partial charge in [-0.15, -0.1) is 0 Å². The van der Waals surface area contributed by atoms with Gasteiger partial charge >= 0.3 is 5.97 Å². The van der Waals surface area contributed by atoms with Crippen molar-refractivity contribution in [2.24, 2.45) is 0 Å². The molecule has 24 heavy (non-hydrogen) atoms. The van der Waals surface area contributed by atoms with E-state index in [-0.39, 0.29) is 17.1 Å². The fourth-order valence-electron chi connectivity index (χ4n) is 1.80. The van der Waals surface area contributed by atoms with Gasteiger partial charge < -0.3 is 10.1 Å². The molecular weight excluding hydrogens is 335 g/mol. The smallest absolute Gasteiger partial charge is 0.338 e. The fraction of sp³-hybridized carbons (Fsp3) is 0.118. The first-order chi connectivity index (χ1) is 11.5. The maximum absolute atomic E-state index is 13.0. The van der Waals surface area contributed by atoms with Crippen LogP contribution in [0.15, 0.2) is 42.5 Å². The predicted octanol–water partition coefficient (Wildman–Crippen LogP) is 2.82. The van der Waals surface area contributed by atoms with Crippen LogP contribution in [0.25, 0.3) is 0 Å². The van der Waals surface area contributed by atoms with E-state index in [1.54, 1.807) is 0 Å². The first kappa shape index (κ1) is 17.4. The minimum Gasteiger partial charge on any atom is -0.452 e. The van der Waals surface area contributed by atoms with Gasteiger partial charge in [-0.1, -0.05) is 17.7 Å². The molecule has 0 saturated carbocycles. The Hall–Kier alpha value is -2.91. The molecule has 0 radical (unpaired) electrons. The molecule has 1 amide bonds. The monoisotopic (exact) mass is 346 g/mol. The zero-order chi connectivity index (χ0) is 17.5. The highest BCUT2D eigenvalue weighted by atomic mass is 35.5. The molecule has 0 fully saturated rings. The molecule has 0 aliphatic heterocycles. The molecule has 2 rings (SSSR count). The molecule has 0 aliphatic rings. The third kappa shape index (κ3) is 4.80. The third-order valence-corrected chi connectivity index (χ3v) is 3.35. The second kappa shape index (κ2) is 8.09. The number of nitrogens with one attached hydrogen (secondary N) is 1. The van der Waals surface area contributed by atoms with Crippen molar-refractivity contribution >= 4 is 23.5 Å². The number of benzene rings is 2. The summed E-state index contributed by atoms with van der Waals surface area (Å²) in [5.74, 6) is -1.71. The van der Waals surface area contributed by atoms with Crippen molar-refractivity contribution in [3.05, 3.63) is 70.0 Å². The fourth-order valence-corrected chi connectivity index (χ4v) is 2.00. The number of nitriles is 1. The van der Waals surface area contributed by atoms with Gasteiger partial charge in [0.15, 0.2) is 6.61 Å². The average molecular weight is 347 g/mol. The summed E-state index contributed by atoms with van der Waals surface area (Å²) >= 11 is 5.64. The van der Waals surface area contributed by atoms with Gasteiger partial charge in [-0.25, -0.2) is 9.18 Å². The Kier molecular flexibility index (Phi) is 5.88. The number of halogens is 2. The van der Waals surface area contributed by atoms with Crippen LogP contribution in [-0.4, -0.2) is 18.5 Å². The number of carbonyl (C=O) groups excluding carboxylic acids is 2. The van der Waals surface area contributed by atoms with Crippen molar-refractivity contribution in [3.8, 4) is 6.07 Å². The number of esters is 1. The maximum atomic E-state index is 13.0. The molecule has 0 unspecified atom stereocenters. The van der Waals surface area contributed by atoms with Gasteiger partial charge in [0.25, 0.3) is 5.91 Å². The standard InChI is InChI=1S/C17H12ClFN2O3/c18-14-7-12(3-6-15(14)19)9-21-16(22)10-24-17(23)13-4-1-11(8-20)2-5-13/h1-7H,9-10H2,(H,21,22). The Balaban J connectivity index is 1.80. The van der Waals surface area contributed by atoms with Crippen molar-refractivity contribution in [1.29, 1.82) is 5.26 Å². The number of ether oxygens (including phenoxy) is 1. The van der Waals surface area contributed by atoms with Crippen molar-refractivity contribution in [2.75, 3.05) is 6.61 Å². The highest BCUT2D eigenvalue weighted by Gasteiger charge is 2.10. The lowest BCUT2D eigenvalue weighted by molar-refractivity contribution is -0.124. The van der Waals surface area contributed by atoms with E-state index in [2.05, 4.69) is 5.32 Å². The summed E-state index contributed by atoms with van der Waals surface area (Å²) in [5, 5.41) is 11.2. The Morgan fingerprint density at radius 2 is 1.92 bits per heavy atom. The molecule has 5 nitrogen and oxygen atoms in total. The highest BCUT2D eigenvalue weighted by Crippen LogP contribution is 2.15. The Morgan fingerprint density at radius 1 is 1.21 bits per heavy atom. The Bertz CT molecular complexity index is 800. The van der Waals surface area contributed by atoms with Gasteiger partial charge in [0.05, 0.1) is 22.2 Å². The van der Waals surface area contributed by atoms with E-state index in [1.165, 1.54) is 42.5 Å². The van der Waals surface area contributed by atoms with E-state index in [0.29, 0.717) is 11.1 Å². The number of hydrogen-bond acceptors (Lipinski definition) is 4. The topological polar surface area (TPSA) is 79.2 Å². The van der Waals surface area contributed by atoms with Gasteiger partial charge in [-0.3, -0.25) is 4.79 Å². The third-order valence-electron chi connectivity index (χ3n) is 3.06. The largest absolute Gasteiger partial charge is 0.452 e. The predicted molar refractivity (Wildman–Crippen MR) is 84.7 cm³/mol.